The monoisotopic (exact) mass is 399 g/mol. The Balaban J connectivity index is 1.40. The minimum Gasteiger partial charge on any atom is -0.491 e. The first-order chi connectivity index (χ1) is 13.7. The van der Waals surface area contributed by atoms with Crippen molar-refractivity contribution in [2.24, 2.45) is 0 Å². The molecule has 2 aromatic rings. The van der Waals surface area contributed by atoms with E-state index in [4.69, 9.17) is 25.8 Å². The van der Waals surface area contributed by atoms with Crippen molar-refractivity contribution >= 4 is 23.5 Å². The van der Waals surface area contributed by atoms with E-state index in [0.717, 1.165) is 38.4 Å². The van der Waals surface area contributed by atoms with Crippen LogP contribution >= 0.6 is 11.6 Å². The second kappa shape index (κ2) is 8.78. The number of carbonyl (C=O) groups excluding carboxylic acids is 1. The van der Waals surface area contributed by atoms with E-state index in [0.29, 0.717) is 34.3 Å². The van der Waals surface area contributed by atoms with Crippen LogP contribution in [-0.2, 0) is 4.74 Å². The molecule has 2 aliphatic rings. The number of fused-ring (bicyclic) bond motifs is 1. The summed E-state index contributed by atoms with van der Waals surface area (Å²) in [7, 11) is 0. The van der Waals surface area contributed by atoms with Crippen LogP contribution in [0.4, 0.5) is 0 Å². The predicted octanol–water partition coefficient (Wildman–Crippen LogP) is 3.71. The fourth-order valence-electron chi connectivity index (χ4n) is 3.32. The predicted molar refractivity (Wildman–Crippen MR) is 108 cm³/mol. The number of rotatable bonds is 5. The smallest absolute Gasteiger partial charge is 0.196 e. The van der Waals surface area contributed by atoms with Gasteiger partial charge in [-0.2, -0.15) is 0 Å². The van der Waals surface area contributed by atoms with E-state index in [9.17, 15) is 4.79 Å². The number of morpholine rings is 1. The van der Waals surface area contributed by atoms with Gasteiger partial charge in [-0.25, -0.2) is 0 Å². The Kier molecular flexibility index (Phi) is 5.95. The van der Waals surface area contributed by atoms with Gasteiger partial charge in [0.15, 0.2) is 5.78 Å². The van der Waals surface area contributed by atoms with Gasteiger partial charge in [0, 0.05) is 25.2 Å². The van der Waals surface area contributed by atoms with Crippen molar-refractivity contribution in [3.05, 3.63) is 64.2 Å². The second-order valence-electron chi connectivity index (χ2n) is 6.78. The molecule has 0 bridgehead atoms. The van der Waals surface area contributed by atoms with Crippen LogP contribution in [0.3, 0.4) is 0 Å². The molecule has 0 N–H and O–H groups in total. The molecule has 2 aliphatic heterocycles. The summed E-state index contributed by atoms with van der Waals surface area (Å²) >= 11 is 6.38. The SMILES string of the molecule is O=C1C(=Cc2ccc(OCCN3CCOCC3)c(Cl)c2)COc2ccccc21. The Hall–Kier alpha value is -2.34. The number of Topliss-reactive ketones (excluding diaryl/α,β-unsaturated/α-hetero) is 1. The molecule has 0 amide bonds. The standard InChI is InChI=1S/C22H22ClNO4/c23-19-14-16(5-6-21(19)27-12-9-24-7-10-26-11-8-24)13-17-15-28-20-4-2-1-3-18(20)22(17)25/h1-6,13-14H,7-12,15H2. The van der Waals surface area contributed by atoms with E-state index in [2.05, 4.69) is 4.90 Å². The van der Waals surface area contributed by atoms with E-state index in [1.165, 1.54) is 0 Å². The lowest BCUT2D eigenvalue weighted by atomic mass is 9.98. The summed E-state index contributed by atoms with van der Waals surface area (Å²) in [5.74, 6) is 1.27. The summed E-state index contributed by atoms with van der Waals surface area (Å²) in [4.78, 5) is 15.0. The summed E-state index contributed by atoms with van der Waals surface area (Å²) in [5.41, 5.74) is 2.04. The maximum Gasteiger partial charge on any atom is 0.196 e. The van der Waals surface area contributed by atoms with Crippen LogP contribution in [0.1, 0.15) is 15.9 Å². The minimum atomic E-state index is -0.0104. The molecular weight excluding hydrogens is 378 g/mol. The quantitative estimate of drug-likeness (QED) is 0.717. The van der Waals surface area contributed by atoms with Gasteiger partial charge in [-0.3, -0.25) is 9.69 Å². The van der Waals surface area contributed by atoms with E-state index in [1.54, 1.807) is 6.07 Å². The number of ether oxygens (including phenoxy) is 3. The number of benzene rings is 2. The molecule has 146 valence electrons. The average Bonchev–Trinajstić information content (AvgIpc) is 2.73. The third-order valence-electron chi connectivity index (χ3n) is 4.87. The molecule has 0 aliphatic carbocycles. The number of ketones is 1. The van der Waals surface area contributed by atoms with Crippen LogP contribution in [0.25, 0.3) is 6.08 Å². The zero-order valence-corrected chi connectivity index (χ0v) is 16.3. The molecule has 28 heavy (non-hydrogen) atoms. The topological polar surface area (TPSA) is 48.0 Å². The van der Waals surface area contributed by atoms with Crippen molar-refractivity contribution in [1.82, 2.24) is 4.90 Å². The number of nitrogens with zero attached hydrogens (tertiary/aromatic N) is 1. The summed E-state index contributed by atoms with van der Waals surface area (Å²) in [6.07, 6.45) is 1.82. The van der Waals surface area contributed by atoms with Gasteiger partial charge in [-0.1, -0.05) is 29.8 Å². The molecule has 0 radical (unpaired) electrons. The van der Waals surface area contributed by atoms with Gasteiger partial charge >= 0.3 is 0 Å². The Bertz CT molecular complexity index is 890. The normalized spacial score (nSPS) is 18.6. The average molecular weight is 400 g/mol. The Labute approximate surface area is 169 Å². The highest BCUT2D eigenvalue weighted by atomic mass is 35.5. The fraction of sp³-hybridized carbons (Fsp3) is 0.318. The van der Waals surface area contributed by atoms with Crippen LogP contribution in [-0.4, -0.2) is 56.7 Å². The molecule has 0 unspecified atom stereocenters. The molecule has 5 nitrogen and oxygen atoms in total. The van der Waals surface area contributed by atoms with Crippen LogP contribution in [0, 0.1) is 0 Å². The summed E-state index contributed by atoms with van der Waals surface area (Å²) in [5, 5.41) is 0.529. The highest BCUT2D eigenvalue weighted by molar-refractivity contribution is 6.32. The molecular formula is C22H22ClNO4. The second-order valence-corrected chi connectivity index (χ2v) is 7.18. The molecule has 0 saturated carbocycles. The van der Waals surface area contributed by atoms with Crippen molar-refractivity contribution in [1.29, 1.82) is 0 Å². The van der Waals surface area contributed by atoms with Crippen molar-refractivity contribution in [3.63, 3.8) is 0 Å². The molecule has 0 aromatic heterocycles. The van der Waals surface area contributed by atoms with E-state index >= 15 is 0 Å². The zero-order valence-electron chi connectivity index (χ0n) is 15.5. The minimum absolute atomic E-state index is 0.0104. The van der Waals surface area contributed by atoms with E-state index in [-0.39, 0.29) is 12.4 Å². The van der Waals surface area contributed by atoms with Crippen molar-refractivity contribution < 1.29 is 19.0 Å². The van der Waals surface area contributed by atoms with Crippen molar-refractivity contribution in [3.8, 4) is 11.5 Å². The van der Waals surface area contributed by atoms with Gasteiger partial charge in [0.25, 0.3) is 0 Å². The number of hydrogen-bond donors (Lipinski definition) is 0. The largest absolute Gasteiger partial charge is 0.491 e. The number of hydrogen-bond acceptors (Lipinski definition) is 5. The number of para-hydroxylation sites is 1. The zero-order chi connectivity index (χ0) is 19.3. The first-order valence-electron chi connectivity index (χ1n) is 9.40. The highest BCUT2D eigenvalue weighted by Gasteiger charge is 2.22. The Morgan fingerprint density at radius 3 is 2.79 bits per heavy atom. The molecule has 2 aromatic carbocycles. The van der Waals surface area contributed by atoms with E-state index in [1.807, 2.05) is 42.5 Å². The van der Waals surface area contributed by atoms with Gasteiger partial charge < -0.3 is 14.2 Å². The van der Waals surface area contributed by atoms with Gasteiger partial charge in [-0.05, 0) is 35.9 Å². The maximum atomic E-state index is 12.6. The summed E-state index contributed by atoms with van der Waals surface area (Å²) in [6.45, 7) is 5.09. The van der Waals surface area contributed by atoms with Gasteiger partial charge in [0.05, 0.1) is 23.8 Å². The molecule has 2 heterocycles. The summed E-state index contributed by atoms with van der Waals surface area (Å²) in [6, 6.07) is 12.8. The lowest BCUT2D eigenvalue weighted by Crippen LogP contribution is -2.38. The van der Waals surface area contributed by atoms with Crippen LogP contribution in [0.15, 0.2) is 48.0 Å². The third kappa shape index (κ3) is 4.38. The first-order valence-corrected chi connectivity index (χ1v) is 9.78. The van der Waals surface area contributed by atoms with E-state index < -0.39 is 0 Å². The fourth-order valence-corrected chi connectivity index (χ4v) is 3.56. The molecule has 6 heteroatoms. The van der Waals surface area contributed by atoms with Gasteiger partial charge in [0.2, 0.25) is 0 Å². The number of halogens is 1. The Morgan fingerprint density at radius 1 is 1.14 bits per heavy atom. The number of carbonyl (C=O) groups is 1. The third-order valence-corrected chi connectivity index (χ3v) is 5.17. The van der Waals surface area contributed by atoms with Crippen molar-refractivity contribution in [2.75, 3.05) is 46.1 Å². The molecule has 1 fully saturated rings. The van der Waals surface area contributed by atoms with Gasteiger partial charge in [-0.15, -0.1) is 0 Å². The molecule has 0 atom stereocenters. The first kappa shape index (κ1) is 19.0. The van der Waals surface area contributed by atoms with Gasteiger partial charge in [0.1, 0.15) is 24.7 Å². The van der Waals surface area contributed by atoms with Crippen LogP contribution in [0.5, 0.6) is 11.5 Å². The maximum absolute atomic E-state index is 12.6. The van der Waals surface area contributed by atoms with Crippen LogP contribution in [0.2, 0.25) is 5.02 Å². The lowest BCUT2D eigenvalue weighted by Gasteiger charge is -2.26. The molecule has 0 spiro atoms. The highest BCUT2D eigenvalue weighted by Crippen LogP contribution is 2.30. The van der Waals surface area contributed by atoms with Crippen LogP contribution < -0.4 is 9.47 Å². The lowest BCUT2D eigenvalue weighted by molar-refractivity contribution is 0.0322. The van der Waals surface area contributed by atoms with Crippen molar-refractivity contribution in [2.45, 2.75) is 0 Å². The Morgan fingerprint density at radius 2 is 1.96 bits per heavy atom. The molecule has 1 saturated heterocycles. The molecule has 4 rings (SSSR count). The summed E-state index contributed by atoms with van der Waals surface area (Å²) < 4.78 is 16.9.